The van der Waals surface area contributed by atoms with Crippen LogP contribution in [0.25, 0.3) is 0 Å². The molecular formula is C22H28BrNO2. The molecule has 2 aromatic carbocycles. The molecule has 4 heteroatoms. The quantitative estimate of drug-likeness (QED) is 0.320. The number of benzene rings is 2. The molecule has 26 heavy (non-hydrogen) atoms. The molecular weight excluding hydrogens is 390 g/mol. The minimum absolute atomic E-state index is 0.202. The molecule has 140 valence electrons. The van der Waals surface area contributed by atoms with Gasteiger partial charge in [0.05, 0.1) is 6.61 Å². The fourth-order valence-corrected chi connectivity index (χ4v) is 4.05. The molecule has 0 radical (unpaired) electrons. The summed E-state index contributed by atoms with van der Waals surface area (Å²) in [6.45, 7) is 7.71. The van der Waals surface area contributed by atoms with Gasteiger partial charge in [0.1, 0.15) is 5.41 Å². The van der Waals surface area contributed by atoms with Crippen LogP contribution in [0, 0.1) is 0 Å². The standard InChI is InChI=1S/C22H28BrNO2/c1-3-24(4-2)16-11-17-26-21(25)22(18-23,19-12-7-5-8-13-19)20-14-9-6-10-15-20/h5-10,12-15H,3-4,11,16-18H2,1-2H3. The Morgan fingerprint density at radius 3 is 1.88 bits per heavy atom. The van der Waals surface area contributed by atoms with Crippen LogP contribution < -0.4 is 0 Å². The van der Waals surface area contributed by atoms with E-state index in [1.165, 1.54) is 0 Å². The molecule has 0 aliphatic carbocycles. The van der Waals surface area contributed by atoms with Gasteiger partial charge in [-0.2, -0.15) is 0 Å². The van der Waals surface area contributed by atoms with E-state index in [1.54, 1.807) is 0 Å². The van der Waals surface area contributed by atoms with Gasteiger partial charge in [-0.25, -0.2) is 0 Å². The molecule has 0 amide bonds. The summed E-state index contributed by atoms with van der Waals surface area (Å²) in [5, 5.41) is 0.475. The largest absolute Gasteiger partial charge is 0.465 e. The highest BCUT2D eigenvalue weighted by molar-refractivity contribution is 9.09. The Kier molecular flexibility index (Phi) is 8.33. The minimum atomic E-state index is -0.836. The third kappa shape index (κ3) is 4.74. The Balaban J connectivity index is 2.20. The fraction of sp³-hybridized carbons (Fsp3) is 0.409. The van der Waals surface area contributed by atoms with Gasteiger partial charge in [-0.15, -0.1) is 0 Å². The molecule has 0 saturated carbocycles. The summed E-state index contributed by atoms with van der Waals surface area (Å²) in [6.07, 6.45) is 0.843. The van der Waals surface area contributed by atoms with Gasteiger partial charge in [0.2, 0.25) is 0 Å². The Labute approximate surface area is 165 Å². The summed E-state index contributed by atoms with van der Waals surface area (Å²) in [4.78, 5) is 15.5. The number of carbonyl (C=O) groups is 1. The fourth-order valence-electron chi connectivity index (χ4n) is 3.17. The lowest BCUT2D eigenvalue weighted by Gasteiger charge is -2.31. The van der Waals surface area contributed by atoms with Crippen LogP contribution in [0.3, 0.4) is 0 Å². The van der Waals surface area contributed by atoms with Crippen LogP contribution in [0.1, 0.15) is 31.4 Å². The van der Waals surface area contributed by atoms with Crippen LogP contribution in [0.2, 0.25) is 0 Å². The Bertz CT molecular complexity index is 617. The van der Waals surface area contributed by atoms with Crippen LogP contribution in [0.15, 0.2) is 60.7 Å². The third-order valence-corrected chi connectivity index (χ3v) is 5.67. The van der Waals surface area contributed by atoms with Crippen molar-refractivity contribution < 1.29 is 9.53 Å². The van der Waals surface area contributed by atoms with Crippen LogP contribution >= 0.6 is 15.9 Å². The first kappa shape index (κ1) is 20.7. The lowest BCUT2D eigenvalue weighted by Crippen LogP contribution is -2.41. The van der Waals surface area contributed by atoms with Gasteiger partial charge in [-0.3, -0.25) is 4.79 Å². The summed E-state index contributed by atoms with van der Waals surface area (Å²) in [5.41, 5.74) is 1.05. The Morgan fingerprint density at radius 2 is 1.46 bits per heavy atom. The predicted octanol–water partition coefficient (Wildman–Crippen LogP) is 4.64. The first-order valence-corrected chi connectivity index (χ1v) is 10.4. The number of esters is 1. The van der Waals surface area contributed by atoms with Gasteiger partial charge in [0.15, 0.2) is 0 Å². The second kappa shape index (κ2) is 10.5. The SMILES string of the molecule is CCN(CC)CCCOC(=O)C(CBr)(c1ccccc1)c1ccccc1. The number of halogens is 1. The van der Waals surface area contributed by atoms with E-state index >= 15 is 0 Å². The van der Waals surface area contributed by atoms with Crippen molar-refractivity contribution in [1.29, 1.82) is 0 Å². The molecule has 3 nitrogen and oxygen atoms in total. The highest BCUT2D eigenvalue weighted by Gasteiger charge is 2.42. The van der Waals surface area contributed by atoms with E-state index in [0.717, 1.165) is 37.2 Å². The molecule has 2 rings (SSSR count). The number of alkyl halides is 1. The van der Waals surface area contributed by atoms with Crippen molar-refractivity contribution >= 4 is 21.9 Å². The van der Waals surface area contributed by atoms with Crippen molar-refractivity contribution in [3.05, 3.63) is 71.8 Å². The van der Waals surface area contributed by atoms with Gasteiger partial charge < -0.3 is 9.64 Å². The Morgan fingerprint density at radius 1 is 0.962 bits per heavy atom. The molecule has 0 fully saturated rings. The lowest BCUT2D eigenvalue weighted by molar-refractivity contribution is -0.148. The normalized spacial score (nSPS) is 11.5. The Hall–Kier alpha value is -1.65. The highest BCUT2D eigenvalue weighted by atomic mass is 79.9. The summed E-state index contributed by atoms with van der Waals surface area (Å²) in [5.74, 6) is -0.202. The van der Waals surface area contributed by atoms with Crippen molar-refractivity contribution in [1.82, 2.24) is 4.90 Å². The van der Waals surface area contributed by atoms with E-state index in [1.807, 2.05) is 60.7 Å². The van der Waals surface area contributed by atoms with Crippen molar-refractivity contribution in [3.63, 3.8) is 0 Å². The van der Waals surface area contributed by atoms with Crippen LogP contribution in [0.5, 0.6) is 0 Å². The van der Waals surface area contributed by atoms with Gasteiger partial charge in [-0.05, 0) is 30.6 Å². The molecule has 0 atom stereocenters. The average Bonchev–Trinajstić information content (AvgIpc) is 2.71. The number of ether oxygens (including phenoxy) is 1. The molecule has 0 N–H and O–H groups in total. The third-order valence-electron chi connectivity index (χ3n) is 4.83. The van der Waals surface area contributed by atoms with Crippen molar-refractivity contribution in [2.75, 3.05) is 31.6 Å². The van der Waals surface area contributed by atoms with Crippen LogP contribution in [-0.4, -0.2) is 42.4 Å². The first-order valence-electron chi connectivity index (χ1n) is 9.25. The van der Waals surface area contributed by atoms with Crippen molar-refractivity contribution in [3.8, 4) is 0 Å². The van der Waals surface area contributed by atoms with Crippen molar-refractivity contribution in [2.45, 2.75) is 25.7 Å². The monoisotopic (exact) mass is 417 g/mol. The van der Waals surface area contributed by atoms with E-state index in [0.29, 0.717) is 11.9 Å². The minimum Gasteiger partial charge on any atom is -0.465 e. The molecule has 0 spiro atoms. The molecule has 0 aromatic heterocycles. The zero-order valence-corrected chi connectivity index (χ0v) is 17.2. The zero-order valence-electron chi connectivity index (χ0n) is 15.7. The topological polar surface area (TPSA) is 29.5 Å². The number of hydrogen-bond donors (Lipinski definition) is 0. The molecule has 2 aromatic rings. The number of rotatable bonds is 10. The molecule has 0 aliphatic rings. The van der Waals surface area contributed by atoms with E-state index in [2.05, 4.69) is 34.7 Å². The summed E-state index contributed by atoms with van der Waals surface area (Å²) < 4.78 is 5.75. The van der Waals surface area contributed by atoms with E-state index < -0.39 is 5.41 Å². The maximum Gasteiger partial charge on any atom is 0.321 e. The van der Waals surface area contributed by atoms with E-state index in [9.17, 15) is 4.79 Å². The van der Waals surface area contributed by atoms with Crippen LogP contribution in [0.4, 0.5) is 0 Å². The molecule has 0 aliphatic heterocycles. The van der Waals surface area contributed by atoms with Gasteiger partial charge in [-0.1, -0.05) is 90.4 Å². The first-order chi connectivity index (χ1) is 12.7. The van der Waals surface area contributed by atoms with E-state index in [-0.39, 0.29) is 5.97 Å². The van der Waals surface area contributed by atoms with Crippen LogP contribution in [-0.2, 0) is 14.9 Å². The number of carbonyl (C=O) groups excluding carboxylic acids is 1. The molecule has 0 saturated heterocycles. The molecule has 0 bridgehead atoms. The van der Waals surface area contributed by atoms with E-state index in [4.69, 9.17) is 4.74 Å². The maximum absolute atomic E-state index is 13.2. The smallest absolute Gasteiger partial charge is 0.321 e. The average molecular weight is 418 g/mol. The lowest BCUT2D eigenvalue weighted by atomic mass is 9.76. The molecule has 0 unspecified atom stereocenters. The second-order valence-corrected chi connectivity index (χ2v) is 6.85. The zero-order chi connectivity index (χ0) is 18.8. The predicted molar refractivity (Wildman–Crippen MR) is 111 cm³/mol. The highest BCUT2D eigenvalue weighted by Crippen LogP contribution is 2.35. The second-order valence-electron chi connectivity index (χ2n) is 6.29. The number of nitrogens with zero attached hydrogens (tertiary/aromatic N) is 1. The summed E-state index contributed by atoms with van der Waals surface area (Å²) in [7, 11) is 0. The van der Waals surface area contributed by atoms with Crippen molar-refractivity contribution in [2.24, 2.45) is 0 Å². The van der Waals surface area contributed by atoms with Gasteiger partial charge >= 0.3 is 5.97 Å². The number of hydrogen-bond acceptors (Lipinski definition) is 3. The molecule has 0 heterocycles. The maximum atomic E-state index is 13.2. The summed E-state index contributed by atoms with van der Waals surface area (Å²) >= 11 is 3.59. The van der Waals surface area contributed by atoms with Gasteiger partial charge in [0, 0.05) is 11.9 Å². The summed E-state index contributed by atoms with van der Waals surface area (Å²) in [6, 6.07) is 19.7. The van der Waals surface area contributed by atoms with Gasteiger partial charge in [0.25, 0.3) is 0 Å².